The second kappa shape index (κ2) is 6.38. The number of aromatic amines is 1. The molecule has 0 radical (unpaired) electrons. The number of carbonyl (C=O) groups excluding carboxylic acids is 1. The molecule has 0 aliphatic heterocycles. The number of rotatable bonds is 6. The van der Waals surface area contributed by atoms with Gasteiger partial charge in [0, 0.05) is 12.5 Å². The van der Waals surface area contributed by atoms with Gasteiger partial charge in [-0.2, -0.15) is 0 Å². The third kappa shape index (κ3) is 4.64. The molecule has 0 aliphatic rings. The van der Waals surface area contributed by atoms with Crippen LogP contribution in [0.15, 0.2) is 10.9 Å². The number of carboxylic acids is 1. The fraction of sp³-hybridized carbons (Fsp3) is 0.400. The molecule has 1 rings (SSSR count). The molecule has 1 aromatic rings. The normalized spacial score (nSPS) is 9.83. The molecule has 18 heavy (non-hydrogen) atoms. The highest BCUT2D eigenvalue weighted by Crippen LogP contribution is 1.98. The van der Waals surface area contributed by atoms with Crippen LogP contribution < -0.4 is 16.2 Å². The molecule has 1 amide bonds. The Labute approximate surface area is 102 Å². The highest BCUT2D eigenvalue weighted by atomic mass is 16.4. The maximum atomic E-state index is 11.2. The first-order valence-corrected chi connectivity index (χ1v) is 5.34. The molecule has 8 nitrogen and oxygen atoms in total. The van der Waals surface area contributed by atoms with Crippen molar-refractivity contribution in [3.8, 4) is 0 Å². The van der Waals surface area contributed by atoms with Crippen molar-refractivity contribution in [1.29, 1.82) is 0 Å². The van der Waals surface area contributed by atoms with Crippen molar-refractivity contribution >= 4 is 17.7 Å². The molecule has 0 aromatic carbocycles. The largest absolute Gasteiger partial charge is 0.480 e. The summed E-state index contributed by atoms with van der Waals surface area (Å²) in [5, 5.41) is 13.2. The number of carboxylic acid groups (broad SMARTS) is 1. The Kier molecular flexibility index (Phi) is 4.85. The van der Waals surface area contributed by atoms with Gasteiger partial charge in [0.05, 0.1) is 6.54 Å². The Morgan fingerprint density at radius 3 is 2.78 bits per heavy atom. The molecule has 0 atom stereocenters. The second-order valence-corrected chi connectivity index (χ2v) is 3.45. The Morgan fingerprint density at radius 2 is 2.17 bits per heavy atom. The summed E-state index contributed by atoms with van der Waals surface area (Å²) in [6.45, 7) is 1.25. The molecule has 0 spiro atoms. The van der Waals surface area contributed by atoms with Crippen molar-refractivity contribution in [1.82, 2.24) is 15.3 Å². The van der Waals surface area contributed by atoms with Crippen molar-refractivity contribution in [2.45, 2.75) is 13.3 Å². The zero-order chi connectivity index (χ0) is 13.5. The summed E-state index contributed by atoms with van der Waals surface area (Å²) in [7, 11) is 0. The third-order valence-corrected chi connectivity index (χ3v) is 1.99. The molecule has 98 valence electrons. The second-order valence-electron chi connectivity index (χ2n) is 3.45. The fourth-order valence-electron chi connectivity index (χ4n) is 1.17. The Balaban J connectivity index is 2.53. The number of aromatic nitrogens is 2. The van der Waals surface area contributed by atoms with Crippen LogP contribution in [0.4, 0.5) is 5.82 Å². The van der Waals surface area contributed by atoms with E-state index in [0.29, 0.717) is 12.2 Å². The molecule has 0 saturated heterocycles. The number of nitrogens with one attached hydrogen (secondary N) is 3. The lowest BCUT2D eigenvalue weighted by Gasteiger charge is -2.06. The first-order valence-electron chi connectivity index (χ1n) is 5.34. The van der Waals surface area contributed by atoms with Crippen LogP contribution in [0.2, 0.25) is 0 Å². The number of H-pyrrole nitrogens is 1. The minimum Gasteiger partial charge on any atom is -0.480 e. The van der Waals surface area contributed by atoms with E-state index in [1.807, 2.05) is 6.92 Å². The number of hydrogen-bond donors (Lipinski definition) is 4. The van der Waals surface area contributed by atoms with Gasteiger partial charge in [-0.1, -0.05) is 6.92 Å². The average Bonchev–Trinajstić information content (AvgIpc) is 2.33. The van der Waals surface area contributed by atoms with Crippen LogP contribution in [-0.4, -0.2) is 40.0 Å². The smallest absolute Gasteiger partial charge is 0.322 e. The highest BCUT2D eigenvalue weighted by molar-refractivity contribution is 5.84. The standard InChI is InChI=1S/C10H14N4O4/c1-2-6-13-7(3-8(15)14-6)11-4-9(16)12-5-10(17)18/h3H,2,4-5H2,1H3,(H,12,16)(H,17,18)(H2,11,13,14,15). The Hall–Kier alpha value is -2.38. The molecule has 1 heterocycles. The predicted molar refractivity (Wildman–Crippen MR) is 63.4 cm³/mol. The van der Waals surface area contributed by atoms with Crippen molar-refractivity contribution in [2.24, 2.45) is 0 Å². The van der Waals surface area contributed by atoms with Crippen LogP contribution in [0.25, 0.3) is 0 Å². The molecule has 8 heteroatoms. The molecular formula is C10H14N4O4. The van der Waals surface area contributed by atoms with Crippen LogP contribution >= 0.6 is 0 Å². The average molecular weight is 254 g/mol. The summed E-state index contributed by atoms with van der Waals surface area (Å²) in [4.78, 5) is 39.2. The zero-order valence-electron chi connectivity index (χ0n) is 9.82. The minimum absolute atomic E-state index is 0.146. The lowest BCUT2D eigenvalue weighted by atomic mass is 10.4. The minimum atomic E-state index is -1.12. The molecule has 4 N–H and O–H groups in total. The van der Waals surface area contributed by atoms with Crippen molar-refractivity contribution in [3.63, 3.8) is 0 Å². The van der Waals surface area contributed by atoms with E-state index >= 15 is 0 Å². The van der Waals surface area contributed by atoms with E-state index in [1.165, 1.54) is 6.07 Å². The van der Waals surface area contributed by atoms with Crippen LogP contribution in [-0.2, 0) is 16.0 Å². The summed E-state index contributed by atoms with van der Waals surface area (Å²) in [5.74, 6) is -0.819. The molecule has 0 fully saturated rings. The van der Waals surface area contributed by atoms with Gasteiger partial charge in [-0.3, -0.25) is 14.4 Å². The summed E-state index contributed by atoms with van der Waals surface area (Å²) in [6.07, 6.45) is 0.565. The van der Waals surface area contributed by atoms with Gasteiger partial charge in [-0.05, 0) is 0 Å². The van der Waals surface area contributed by atoms with Gasteiger partial charge in [0.2, 0.25) is 5.91 Å². The van der Waals surface area contributed by atoms with Gasteiger partial charge in [0.25, 0.3) is 5.56 Å². The number of aryl methyl sites for hydroxylation is 1. The molecule has 0 saturated carbocycles. The van der Waals surface area contributed by atoms with Crippen LogP contribution in [0, 0.1) is 0 Å². The van der Waals surface area contributed by atoms with Crippen molar-refractivity contribution < 1.29 is 14.7 Å². The topological polar surface area (TPSA) is 124 Å². The van der Waals surface area contributed by atoms with Gasteiger partial charge < -0.3 is 20.7 Å². The first-order chi connectivity index (χ1) is 8.51. The molecular weight excluding hydrogens is 240 g/mol. The number of nitrogens with zero attached hydrogens (tertiary/aromatic N) is 1. The zero-order valence-corrected chi connectivity index (χ0v) is 9.82. The third-order valence-electron chi connectivity index (χ3n) is 1.99. The first kappa shape index (κ1) is 13.7. The molecule has 0 unspecified atom stereocenters. The highest BCUT2D eigenvalue weighted by Gasteiger charge is 2.05. The van der Waals surface area contributed by atoms with Crippen molar-refractivity contribution in [2.75, 3.05) is 18.4 Å². The lowest BCUT2D eigenvalue weighted by molar-refractivity contribution is -0.137. The maximum absolute atomic E-state index is 11.2. The van der Waals surface area contributed by atoms with E-state index in [1.54, 1.807) is 0 Å². The van der Waals surface area contributed by atoms with E-state index in [4.69, 9.17) is 5.11 Å². The SMILES string of the molecule is CCc1nc(NCC(=O)NCC(=O)O)cc(=O)[nH]1. The number of anilines is 1. The van der Waals surface area contributed by atoms with Crippen LogP contribution in [0.5, 0.6) is 0 Å². The number of carbonyl (C=O) groups is 2. The Bertz CT molecular complexity index is 497. The number of aliphatic carboxylic acids is 1. The molecule has 1 aromatic heterocycles. The monoisotopic (exact) mass is 254 g/mol. The Morgan fingerprint density at radius 1 is 1.44 bits per heavy atom. The van der Waals surface area contributed by atoms with E-state index < -0.39 is 18.4 Å². The predicted octanol–water partition coefficient (Wildman–Crippen LogP) is -1.05. The number of hydrogen-bond acceptors (Lipinski definition) is 5. The van der Waals surface area contributed by atoms with Crippen LogP contribution in [0.1, 0.15) is 12.7 Å². The summed E-state index contributed by atoms with van der Waals surface area (Å²) >= 11 is 0. The van der Waals surface area contributed by atoms with E-state index in [0.717, 1.165) is 0 Å². The fourth-order valence-corrected chi connectivity index (χ4v) is 1.17. The van der Waals surface area contributed by atoms with Gasteiger partial charge in [-0.25, -0.2) is 4.98 Å². The summed E-state index contributed by atoms with van der Waals surface area (Å²) < 4.78 is 0. The van der Waals surface area contributed by atoms with Gasteiger partial charge >= 0.3 is 5.97 Å². The molecule has 0 bridgehead atoms. The van der Waals surface area contributed by atoms with Gasteiger partial charge in [0.1, 0.15) is 18.2 Å². The van der Waals surface area contributed by atoms with E-state index in [2.05, 4.69) is 20.6 Å². The number of amides is 1. The van der Waals surface area contributed by atoms with Gasteiger partial charge in [0.15, 0.2) is 0 Å². The van der Waals surface area contributed by atoms with E-state index in [-0.39, 0.29) is 17.9 Å². The quantitative estimate of drug-likeness (QED) is 0.513. The maximum Gasteiger partial charge on any atom is 0.322 e. The van der Waals surface area contributed by atoms with Crippen molar-refractivity contribution in [3.05, 3.63) is 22.2 Å². The van der Waals surface area contributed by atoms with Crippen LogP contribution in [0.3, 0.4) is 0 Å². The lowest BCUT2D eigenvalue weighted by Crippen LogP contribution is -2.34. The summed E-state index contributed by atoms with van der Waals surface area (Å²) in [6, 6.07) is 1.23. The van der Waals surface area contributed by atoms with Gasteiger partial charge in [-0.15, -0.1) is 0 Å². The van der Waals surface area contributed by atoms with E-state index in [9.17, 15) is 14.4 Å². The molecule has 0 aliphatic carbocycles. The summed E-state index contributed by atoms with van der Waals surface area (Å²) in [5.41, 5.74) is -0.310.